The minimum absolute atomic E-state index is 0.0775. The summed E-state index contributed by atoms with van der Waals surface area (Å²) in [5.74, 6) is -0.520. The van der Waals surface area contributed by atoms with Gasteiger partial charge in [-0.15, -0.1) is 0 Å². The van der Waals surface area contributed by atoms with Gasteiger partial charge in [-0.05, 0) is 23.3 Å². The molecule has 0 radical (unpaired) electrons. The zero-order valence-corrected chi connectivity index (χ0v) is 15.1. The number of carbonyl (C=O) groups excluding carboxylic acids is 2. The van der Waals surface area contributed by atoms with Crippen LogP contribution < -0.4 is 9.47 Å². The highest BCUT2D eigenvalue weighted by Gasteiger charge is 2.42. The maximum atomic E-state index is 13.2. The fraction of sp³-hybridized carbons (Fsp3) is 0.300. The Hall–Kier alpha value is -3.06. The molecule has 1 aliphatic rings. The first-order valence-electron chi connectivity index (χ1n) is 8.47. The van der Waals surface area contributed by atoms with Crippen molar-refractivity contribution in [3.05, 3.63) is 59.7 Å². The van der Waals surface area contributed by atoms with Crippen molar-refractivity contribution in [3.8, 4) is 11.5 Å². The van der Waals surface area contributed by atoms with E-state index in [1.165, 1.54) is 14.2 Å². The van der Waals surface area contributed by atoms with Crippen molar-refractivity contribution < 1.29 is 28.9 Å². The van der Waals surface area contributed by atoms with Gasteiger partial charge in [0.25, 0.3) is 0 Å². The number of hydrogen-bond donors (Lipinski definition) is 1. The van der Waals surface area contributed by atoms with Crippen molar-refractivity contribution in [2.75, 3.05) is 27.4 Å². The SMILES string of the molecule is COc1cc(OC)cc([C@@H](CO)C(=O)N2C(=O)OC[C@H]2c2ccccc2)c1. The number of methoxy groups -OCH3 is 2. The molecule has 0 saturated carbocycles. The first-order valence-corrected chi connectivity index (χ1v) is 8.47. The van der Waals surface area contributed by atoms with E-state index >= 15 is 0 Å². The van der Waals surface area contributed by atoms with Gasteiger partial charge in [0, 0.05) is 6.07 Å². The Morgan fingerprint density at radius 1 is 1.19 bits per heavy atom. The predicted octanol–water partition coefficient (Wildman–Crippen LogP) is 2.50. The third-order valence-electron chi connectivity index (χ3n) is 4.55. The number of carbonyl (C=O) groups is 2. The molecule has 0 spiro atoms. The van der Waals surface area contributed by atoms with E-state index in [0.29, 0.717) is 17.1 Å². The smallest absolute Gasteiger partial charge is 0.417 e. The second kappa shape index (κ2) is 8.09. The monoisotopic (exact) mass is 371 g/mol. The number of aliphatic hydroxyl groups is 1. The molecule has 1 saturated heterocycles. The Labute approximate surface area is 157 Å². The van der Waals surface area contributed by atoms with Gasteiger partial charge >= 0.3 is 6.09 Å². The van der Waals surface area contributed by atoms with E-state index in [1.54, 1.807) is 18.2 Å². The Morgan fingerprint density at radius 2 is 1.81 bits per heavy atom. The van der Waals surface area contributed by atoms with E-state index in [1.807, 2.05) is 30.3 Å². The largest absolute Gasteiger partial charge is 0.497 e. The summed E-state index contributed by atoms with van der Waals surface area (Å²) in [5.41, 5.74) is 1.28. The van der Waals surface area contributed by atoms with Gasteiger partial charge in [0.1, 0.15) is 24.1 Å². The van der Waals surface area contributed by atoms with Crippen LogP contribution >= 0.6 is 0 Å². The van der Waals surface area contributed by atoms with E-state index < -0.39 is 30.6 Å². The van der Waals surface area contributed by atoms with Crippen LogP contribution in [0.2, 0.25) is 0 Å². The van der Waals surface area contributed by atoms with Gasteiger partial charge in [0.2, 0.25) is 5.91 Å². The van der Waals surface area contributed by atoms with Crippen molar-refractivity contribution in [1.82, 2.24) is 4.90 Å². The van der Waals surface area contributed by atoms with Gasteiger partial charge in [-0.1, -0.05) is 30.3 Å². The molecule has 2 atom stereocenters. The normalized spacial score (nSPS) is 17.4. The first kappa shape index (κ1) is 18.7. The lowest BCUT2D eigenvalue weighted by Gasteiger charge is -2.24. The molecule has 1 aliphatic heterocycles. The molecule has 0 aromatic heterocycles. The van der Waals surface area contributed by atoms with Gasteiger partial charge < -0.3 is 19.3 Å². The van der Waals surface area contributed by atoms with Crippen LogP contribution in [-0.2, 0) is 9.53 Å². The third kappa shape index (κ3) is 3.73. The molecule has 1 fully saturated rings. The molecule has 2 aromatic carbocycles. The van der Waals surface area contributed by atoms with Crippen molar-refractivity contribution >= 4 is 12.0 Å². The van der Waals surface area contributed by atoms with Crippen LogP contribution in [0, 0.1) is 0 Å². The number of amides is 2. The van der Waals surface area contributed by atoms with Crippen molar-refractivity contribution in [1.29, 1.82) is 0 Å². The van der Waals surface area contributed by atoms with Gasteiger partial charge in [-0.3, -0.25) is 4.79 Å². The summed E-state index contributed by atoms with van der Waals surface area (Å²) in [6, 6.07) is 13.6. The summed E-state index contributed by atoms with van der Waals surface area (Å²) in [4.78, 5) is 26.5. The summed E-state index contributed by atoms with van der Waals surface area (Å²) in [5, 5.41) is 9.90. The zero-order valence-electron chi connectivity index (χ0n) is 15.1. The molecular weight excluding hydrogens is 350 g/mol. The summed E-state index contributed by atoms with van der Waals surface area (Å²) in [7, 11) is 3.00. The molecule has 1 N–H and O–H groups in total. The Balaban J connectivity index is 1.95. The number of hydrogen-bond acceptors (Lipinski definition) is 6. The maximum Gasteiger partial charge on any atom is 0.417 e. The van der Waals surface area contributed by atoms with Crippen LogP contribution in [0.5, 0.6) is 11.5 Å². The van der Waals surface area contributed by atoms with E-state index in [2.05, 4.69) is 0 Å². The Morgan fingerprint density at radius 3 is 2.37 bits per heavy atom. The van der Waals surface area contributed by atoms with Crippen LogP contribution in [-0.4, -0.2) is 49.4 Å². The van der Waals surface area contributed by atoms with E-state index in [4.69, 9.17) is 14.2 Å². The van der Waals surface area contributed by atoms with E-state index in [0.717, 1.165) is 10.5 Å². The second-order valence-corrected chi connectivity index (χ2v) is 6.09. The van der Waals surface area contributed by atoms with E-state index in [-0.39, 0.29) is 6.61 Å². The zero-order chi connectivity index (χ0) is 19.4. The number of aliphatic hydroxyl groups excluding tert-OH is 1. The first-order chi connectivity index (χ1) is 13.1. The summed E-state index contributed by atoms with van der Waals surface area (Å²) in [6.07, 6.45) is -0.720. The molecule has 0 aliphatic carbocycles. The molecule has 1 heterocycles. The molecule has 2 aromatic rings. The molecule has 0 unspecified atom stereocenters. The number of cyclic esters (lactones) is 1. The maximum absolute atomic E-state index is 13.2. The summed E-state index contributed by atoms with van der Waals surface area (Å²) >= 11 is 0. The third-order valence-corrected chi connectivity index (χ3v) is 4.55. The number of benzene rings is 2. The van der Waals surface area contributed by atoms with Gasteiger partial charge in [0.05, 0.1) is 26.7 Å². The minimum atomic E-state index is -0.953. The average Bonchev–Trinajstić information content (AvgIpc) is 3.10. The van der Waals surface area contributed by atoms with E-state index in [9.17, 15) is 14.7 Å². The lowest BCUT2D eigenvalue weighted by atomic mass is 9.96. The molecule has 142 valence electrons. The van der Waals surface area contributed by atoms with Gasteiger partial charge in [-0.2, -0.15) is 0 Å². The van der Waals surface area contributed by atoms with Crippen molar-refractivity contribution in [2.24, 2.45) is 0 Å². The van der Waals surface area contributed by atoms with Gasteiger partial charge in [0.15, 0.2) is 0 Å². The van der Waals surface area contributed by atoms with Crippen molar-refractivity contribution in [3.63, 3.8) is 0 Å². The number of rotatable bonds is 6. The molecule has 2 amide bonds. The molecule has 0 bridgehead atoms. The summed E-state index contributed by atoms with van der Waals surface area (Å²) in [6.45, 7) is -0.394. The van der Waals surface area contributed by atoms with Crippen LogP contribution in [0.4, 0.5) is 4.79 Å². The number of nitrogens with zero attached hydrogens (tertiary/aromatic N) is 1. The lowest BCUT2D eigenvalue weighted by Crippen LogP contribution is -2.39. The fourth-order valence-electron chi connectivity index (χ4n) is 3.11. The van der Waals surface area contributed by atoms with Crippen LogP contribution in [0.25, 0.3) is 0 Å². The fourth-order valence-corrected chi connectivity index (χ4v) is 3.11. The number of imide groups is 1. The van der Waals surface area contributed by atoms with Crippen LogP contribution in [0.15, 0.2) is 48.5 Å². The van der Waals surface area contributed by atoms with Crippen LogP contribution in [0.1, 0.15) is 23.1 Å². The van der Waals surface area contributed by atoms with Gasteiger partial charge in [-0.25, -0.2) is 9.69 Å². The minimum Gasteiger partial charge on any atom is -0.497 e. The highest BCUT2D eigenvalue weighted by molar-refractivity contribution is 5.97. The standard InChI is InChI=1S/C20H21NO6/c1-25-15-8-14(9-16(10-15)26-2)17(11-22)19(23)21-18(12-27-20(21)24)13-6-4-3-5-7-13/h3-10,17-18,22H,11-12H2,1-2H3/t17-,18+/m1/s1. The Kier molecular flexibility index (Phi) is 5.61. The number of ether oxygens (including phenoxy) is 3. The molecule has 27 heavy (non-hydrogen) atoms. The topological polar surface area (TPSA) is 85.3 Å². The predicted molar refractivity (Wildman–Crippen MR) is 96.7 cm³/mol. The average molecular weight is 371 g/mol. The molecule has 7 heteroatoms. The molecule has 7 nitrogen and oxygen atoms in total. The Bertz CT molecular complexity index is 800. The van der Waals surface area contributed by atoms with Crippen molar-refractivity contribution in [2.45, 2.75) is 12.0 Å². The lowest BCUT2D eigenvalue weighted by molar-refractivity contribution is -0.131. The highest BCUT2D eigenvalue weighted by Crippen LogP contribution is 2.33. The molecular formula is C20H21NO6. The highest BCUT2D eigenvalue weighted by atomic mass is 16.6. The quantitative estimate of drug-likeness (QED) is 0.840. The summed E-state index contributed by atoms with van der Waals surface area (Å²) < 4.78 is 15.6. The molecule has 3 rings (SSSR count). The second-order valence-electron chi connectivity index (χ2n) is 6.09. The van der Waals surface area contributed by atoms with Crippen LogP contribution in [0.3, 0.4) is 0 Å².